The highest BCUT2D eigenvalue weighted by Gasteiger charge is 2.40. The van der Waals surface area contributed by atoms with E-state index in [4.69, 9.17) is 10.3 Å². The van der Waals surface area contributed by atoms with Crippen LogP contribution in [0.1, 0.15) is 43.6 Å². The monoisotopic (exact) mass is 277 g/mol. The van der Waals surface area contributed by atoms with Gasteiger partial charge in [-0.3, -0.25) is 4.79 Å². The third-order valence-corrected chi connectivity index (χ3v) is 4.90. The van der Waals surface area contributed by atoms with Crippen LogP contribution >= 0.6 is 0 Å². The number of nitrogens with zero attached hydrogens (tertiary/aromatic N) is 1. The molecule has 2 fully saturated rings. The molecule has 0 spiro atoms. The number of carbonyl (C=O) groups excluding carboxylic acids is 1. The van der Waals surface area contributed by atoms with E-state index in [0.717, 1.165) is 18.5 Å². The summed E-state index contributed by atoms with van der Waals surface area (Å²) in [7, 11) is 0. The maximum atomic E-state index is 12.3. The summed E-state index contributed by atoms with van der Waals surface area (Å²) in [5, 5.41) is 6.79. The Morgan fingerprint density at radius 3 is 2.75 bits per heavy atom. The number of aryl methyl sites for hydroxylation is 1. The molecule has 110 valence electrons. The number of carbonyl (C=O) groups is 1. The van der Waals surface area contributed by atoms with Crippen molar-refractivity contribution in [2.24, 2.45) is 23.5 Å². The van der Waals surface area contributed by atoms with Gasteiger partial charge in [0, 0.05) is 18.0 Å². The van der Waals surface area contributed by atoms with E-state index in [1.165, 1.54) is 19.3 Å². The van der Waals surface area contributed by atoms with Crippen molar-refractivity contribution in [1.82, 2.24) is 10.5 Å². The van der Waals surface area contributed by atoms with Crippen molar-refractivity contribution in [2.75, 3.05) is 0 Å². The summed E-state index contributed by atoms with van der Waals surface area (Å²) in [4.78, 5) is 12.3. The molecule has 0 radical (unpaired) electrons. The second-order valence-electron chi connectivity index (χ2n) is 6.35. The van der Waals surface area contributed by atoms with Crippen LogP contribution < -0.4 is 11.1 Å². The van der Waals surface area contributed by atoms with Crippen molar-refractivity contribution in [2.45, 2.75) is 51.6 Å². The Hall–Kier alpha value is -1.36. The van der Waals surface area contributed by atoms with Crippen LogP contribution in [0.3, 0.4) is 0 Å². The smallest absolute Gasteiger partial charge is 0.223 e. The number of fused-ring (bicyclic) bond motifs is 2. The van der Waals surface area contributed by atoms with E-state index in [1.807, 2.05) is 13.0 Å². The number of hydrogen-bond acceptors (Lipinski definition) is 4. The Labute approximate surface area is 119 Å². The summed E-state index contributed by atoms with van der Waals surface area (Å²) >= 11 is 0. The summed E-state index contributed by atoms with van der Waals surface area (Å²) in [6.07, 6.45) is 5.53. The highest BCUT2D eigenvalue weighted by molar-refractivity contribution is 5.78. The fraction of sp³-hybridized carbons (Fsp3) is 0.733. The molecular formula is C15H23N3O2. The van der Waals surface area contributed by atoms with Crippen LogP contribution in [-0.4, -0.2) is 17.1 Å². The molecule has 1 heterocycles. The van der Waals surface area contributed by atoms with E-state index < -0.39 is 0 Å². The van der Waals surface area contributed by atoms with Crippen LogP contribution in [0, 0.1) is 24.7 Å². The summed E-state index contributed by atoms with van der Waals surface area (Å²) in [6, 6.07) is 2.16. The molecule has 1 aromatic heterocycles. The van der Waals surface area contributed by atoms with Crippen LogP contribution in [0.15, 0.2) is 10.6 Å². The highest BCUT2D eigenvalue weighted by atomic mass is 16.5. The van der Waals surface area contributed by atoms with Crippen LogP contribution in [0.2, 0.25) is 0 Å². The van der Waals surface area contributed by atoms with Crippen molar-refractivity contribution in [3.63, 3.8) is 0 Å². The highest BCUT2D eigenvalue weighted by Crippen LogP contribution is 2.41. The molecule has 1 aromatic rings. The average molecular weight is 277 g/mol. The molecule has 2 saturated carbocycles. The van der Waals surface area contributed by atoms with Crippen molar-refractivity contribution in [3.05, 3.63) is 17.5 Å². The van der Waals surface area contributed by atoms with Crippen molar-refractivity contribution >= 4 is 5.91 Å². The molecule has 20 heavy (non-hydrogen) atoms. The molecule has 2 bridgehead atoms. The number of aromatic nitrogens is 1. The lowest BCUT2D eigenvalue weighted by atomic mass is 9.65. The van der Waals surface area contributed by atoms with E-state index in [9.17, 15) is 4.79 Å². The van der Waals surface area contributed by atoms with Gasteiger partial charge in [-0.15, -0.1) is 0 Å². The minimum absolute atomic E-state index is 0.120. The van der Waals surface area contributed by atoms with Gasteiger partial charge in [0.2, 0.25) is 5.91 Å². The van der Waals surface area contributed by atoms with Gasteiger partial charge in [-0.2, -0.15) is 0 Å². The topological polar surface area (TPSA) is 81.2 Å². The molecule has 0 aliphatic heterocycles. The molecule has 3 N–H and O–H groups in total. The predicted octanol–water partition coefficient (Wildman–Crippen LogP) is 1.75. The number of amides is 1. The minimum atomic E-state index is 0.120. The van der Waals surface area contributed by atoms with E-state index in [2.05, 4.69) is 10.5 Å². The van der Waals surface area contributed by atoms with Gasteiger partial charge in [0.25, 0.3) is 0 Å². The summed E-state index contributed by atoms with van der Waals surface area (Å²) in [5.41, 5.74) is 7.10. The summed E-state index contributed by atoms with van der Waals surface area (Å²) < 4.78 is 5.11. The first-order chi connectivity index (χ1) is 9.63. The average Bonchev–Trinajstić information content (AvgIpc) is 2.81. The Bertz CT molecular complexity index is 471. The zero-order chi connectivity index (χ0) is 14.1. The second-order valence-corrected chi connectivity index (χ2v) is 6.35. The molecule has 1 amide bonds. The molecular weight excluding hydrogens is 254 g/mol. The maximum absolute atomic E-state index is 12.3. The maximum Gasteiger partial charge on any atom is 0.223 e. The lowest BCUT2D eigenvalue weighted by Gasteiger charge is -2.43. The van der Waals surface area contributed by atoms with Gasteiger partial charge >= 0.3 is 0 Å². The molecule has 2 aliphatic carbocycles. The van der Waals surface area contributed by atoms with Crippen LogP contribution in [0.25, 0.3) is 0 Å². The van der Waals surface area contributed by atoms with Gasteiger partial charge in [-0.25, -0.2) is 0 Å². The molecule has 0 saturated heterocycles. The van der Waals surface area contributed by atoms with Gasteiger partial charge in [0.15, 0.2) is 5.76 Å². The Balaban J connectivity index is 1.55. The lowest BCUT2D eigenvalue weighted by Crippen LogP contribution is -2.49. The van der Waals surface area contributed by atoms with Crippen molar-refractivity contribution in [1.29, 1.82) is 0 Å². The fourth-order valence-corrected chi connectivity index (χ4v) is 3.82. The number of hydrogen-bond donors (Lipinski definition) is 2. The fourth-order valence-electron chi connectivity index (χ4n) is 3.82. The number of rotatable bonds is 3. The van der Waals surface area contributed by atoms with Crippen molar-refractivity contribution < 1.29 is 9.32 Å². The van der Waals surface area contributed by atoms with Gasteiger partial charge in [0.1, 0.15) is 0 Å². The normalized spacial score (nSPS) is 32.9. The third kappa shape index (κ3) is 2.73. The van der Waals surface area contributed by atoms with Gasteiger partial charge in [-0.1, -0.05) is 11.6 Å². The quantitative estimate of drug-likeness (QED) is 0.882. The molecule has 2 aliphatic rings. The van der Waals surface area contributed by atoms with Crippen molar-refractivity contribution in [3.8, 4) is 0 Å². The Kier molecular flexibility index (Phi) is 3.78. The zero-order valence-corrected chi connectivity index (χ0v) is 12.0. The van der Waals surface area contributed by atoms with Gasteiger partial charge in [-0.05, 0) is 44.4 Å². The molecule has 2 atom stereocenters. The summed E-state index contributed by atoms with van der Waals surface area (Å²) in [6.45, 7) is 2.30. The second kappa shape index (κ2) is 5.56. The summed E-state index contributed by atoms with van der Waals surface area (Å²) in [5.74, 6) is 2.04. The van der Waals surface area contributed by atoms with Gasteiger partial charge in [0.05, 0.1) is 12.2 Å². The third-order valence-electron chi connectivity index (χ3n) is 4.90. The minimum Gasteiger partial charge on any atom is -0.359 e. The molecule has 0 aromatic carbocycles. The first kappa shape index (κ1) is 13.6. The number of nitrogens with one attached hydrogen (secondary N) is 1. The standard InChI is InChI=1S/C15H23N3O2/c1-9-5-13(20-18-9)8-17-15(19)12-6-10-3-2-4-11(7-12)14(10)16/h5,10-12,14H,2-4,6-8,16H2,1H3,(H,17,19). The Morgan fingerprint density at radius 1 is 1.45 bits per heavy atom. The molecule has 3 rings (SSSR count). The predicted molar refractivity (Wildman–Crippen MR) is 74.6 cm³/mol. The molecule has 5 nitrogen and oxygen atoms in total. The lowest BCUT2D eigenvalue weighted by molar-refractivity contribution is -0.128. The van der Waals surface area contributed by atoms with Crippen LogP contribution in [0.5, 0.6) is 0 Å². The molecule has 2 unspecified atom stereocenters. The number of nitrogens with two attached hydrogens (primary N) is 1. The first-order valence-electron chi connectivity index (χ1n) is 7.59. The SMILES string of the molecule is Cc1cc(CNC(=O)C2CC3CCCC(C2)C3N)on1. The van der Waals surface area contributed by atoms with E-state index in [1.54, 1.807) is 0 Å². The van der Waals surface area contributed by atoms with E-state index in [-0.39, 0.29) is 11.8 Å². The van der Waals surface area contributed by atoms with E-state index >= 15 is 0 Å². The van der Waals surface area contributed by atoms with Crippen LogP contribution in [0.4, 0.5) is 0 Å². The first-order valence-corrected chi connectivity index (χ1v) is 7.59. The largest absolute Gasteiger partial charge is 0.359 e. The molecule has 5 heteroatoms. The zero-order valence-electron chi connectivity index (χ0n) is 12.0. The Morgan fingerprint density at radius 2 is 2.15 bits per heavy atom. The van der Waals surface area contributed by atoms with E-state index in [0.29, 0.717) is 30.2 Å². The van der Waals surface area contributed by atoms with Crippen LogP contribution in [-0.2, 0) is 11.3 Å². The van der Waals surface area contributed by atoms with Gasteiger partial charge < -0.3 is 15.6 Å².